The van der Waals surface area contributed by atoms with Crippen molar-refractivity contribution in [1.29, 1.82) is 0 Å². The lowest BCUT2D eigenvalue weighted by atomic mass is 10.3. The van der Waals surface area contributed by atoms with Crippen molar-refractivity contribution in [3.05, 3.63) is 23.7 Å². The third-order valence-corrected chi connectivity index (χ3v) is 2.21. The van der Waals surface area contributed by atoms with Gasteiger partial charge in [0.15, 0.2) is 0 Å². The Kier molecular flexibility index (Phi) is 5.01. The lowest BCUT2D eigenvalue weighted by molar-refractivity contribution is 0.0600. The summed E-state index contributed by atoms with van der Waals surface area (Å²) in [6.07, 6.45) is 1.54. The smallest absolute Gasteiger partial charge is 0.341 e. The number of rotatable bonds is 6. The molecule has 0 bridgehead atoms. The van der Waals surface area contributed by atoms with Gasteiger partial charge in [-0.15, -0.1) is 0 Å². The fraction of sp³-hybridized carbons (Fsp3) is 0.545. The van der Waals surface area contributed by atoms with Crippen molar-refractivity contribution in [3.63, 3.8) is 0 Å². The molecule has 0 aliphatic heterocycles. The first-order chi connectivity index (χ1) is 7.67. The number of nitrogens with one attached hydrogen (secondary N) is 1. The minimum atomic E-state index is -0.389. The third kappa shape index (κ3) is 3.67. The summed E-state index contributed by atoms with van der Waals surface area (Å²) in [6, 6.07) is 1.66. The van der Waals surface area contributed by atoms with Crippen molar-refractivity contribution in [1.82, 2.24) is 5.32 Å². The SMILES string of the molecule is COC(=O)c1coc(CNCC(C)OC)c1. The Morgan fingerprint density at radius 1 is 1.56 bits per heavy atom. The molecule has 1 heterocycles. The van der Waals surface area contributed by atoms with Crippen LogP contribution in [0, 0.1) is 0 Å². The largest absolute Gasteiger partial charge is 0.467 e. The van der Waals surface area contributed by atoms with Gasteiger partial charge in [0.05, 0.1) is 25.3 Å². The molecular formula is C11H17NO4. The lowest BCUT2D eigenvalue weighted by Crippen LogP contribution is -2.25. The number of hydrogen-bond donors (Lipinski definition) is 1. The van der Waals surface area contributed by atoms with Gasteiger partial charge in [-0.05, 0) is 13.0 Å². The van der Waals surface area contributed by atoms with E-state index in [0.29, 0.717) is 17.9 Å². The summed E-state index contributed by atoms with van der Waals surface area (Å²) in [4.78, 5) is 11.1. The van der Waals surface area contributed by atoms with E-state index in [9.17, 15) is 4.79 Å². The van der Waals surface area contributed by atoms with Crippen LogP contribution in [0.25, 0.3) is 0 Å². The summed E-state index contributed by atoms with van der Waals surface area (Å²) in [5, 5.41) is 3.15. The second kappa shape index (κ2) is 6.30. The zero-order valence-corrected chi connectivity index (χ0v) is 9.78. The van der Waals surface area contributed by atoms with E-state index < -0.39 is 0 Å². The monoisotopic (exact) mass is 227 g/mol. The Hall–Kier alpha value is -1.33. The van der Waals surface area contributed by atoms with Gasteiger partial charge in [0, 0.05) is 13.7 Å². The minimum Gasteiger partial charge on any atom is -0.467 e. The van der Waals surface area contributed by atoms with E-state index in [0.717, 1.165) is 6.54 Å². The highest BCUT2D eigenvalue weighted by atomic mass is 16.5. The van der Waals surface area contributed by atoms with Gasteiger partial charge in [0.25, 0.3) is 0 Å². The molecule has 0 aliphatic carbocycles. The van der Waals surface area contributed by atoms with Gasteiger partial charge < -0.3 is 19.2 Å². The zero-order valence-electron chi connectivity index (χ0n) is 9.78. The van der Waals surface area contributed by atoms with E-state index in [2.05, 4.69) is 10.1 Å². The molecule has 0 saturated carbocycles. The van der Waals surface area contributed by atoms with E-state index in [-0.39, 0.29) is 12.1 Å². The van der Waals surface area contributed by atoms with E-state index in [4.69, 9.17) is 9.15 Å². The van der Waals surface area contributed by atoms with Crippen molar-refractivity contribution in [2.24, 2.45) is 0 Å². The van der Waals surface area contributed by atoms with Crippen molar-refractivity contribution < 1.29 is 18.7 Å². The number of carbonyl (C=O) groups excluding carboxylic acids is 1. The van der Waals surface area contributed by atoms with Crippen LogP contribution >= 0.6 is 0 Å². The minimum absolute atomic E-state index is 0.148. The quantitative estimate of drug-likeness (QED) is 0.740. The van der Waals surface area contributed by atoms with Crippen LogP contribution in [0.2, 0.25) is 0 Å². The first kappa shape index (κ1) is 12.7. The molecule has 1 rings (SSSR count). The van der Waals surface area contributed by atoms with Crippen LogP contribution in [0.3, 0.4) is 0 Å². The topological polar surface area (TPSA) is 60.7 Å². The fourth-order valence-electron chi connectivity index (χ4n) is 1.18. The summed E-state index contributed by atoms with van der Waals surface area (Å²) >= 11 is 0. The molecule has 0 saturated heterocycles. The second-order valence-electron chi connectivity index (χ2n) is 3.47. The first-order valence-electron chi connectivity index (χ1n) is 5.06. The Morgan fingerprint density at radius 3 is 2.94 bits per heavy atom. The van der Waals surface area contributed by atoms with Gasteiger partial charge in [-0.3, -0.25) is 0 Å². The molecule has 0 amide bonds. The molecule has 5 heteroatoms. The predicted octanol–water partition coefficient (Wildman–Crippen LogP) is 1.19. The molecule has 5 nitrogen and oxygen atoms in total. The second-order valence-corrected chi connectivity index (χ2v) is 3.47. The number of furan rings is 1. The van der Waals surface area contributed by atoms with Gasteiger partial charge in [-0.25, -0.2) is 4.79 Å². The maximum absolute atomic E-state index is 11.1. The van der Waals surface area contributed by atoms with Gasteiger partial charge in [-0.2, -0.15) is 0 Å². The van der Waals surface area contributed by atoms with Crippen LogP contribution in [0.15, 0.2) is 16.7 Å². The Balaban J connectivity index is 2.38. The summed E-state index contributed by atoms with van der Waals surface area (Å²) in [5.74, 6) is 0.309. The summed E-state index contributed by atoms with van der Waals surface area (Å²) in [6.45, 7) is 3.25. The van der Waals surface area contributed by atoms with Crippen LogP contribution in [-0.4, -0.2) is 32.8 Å². The zero-order chi connectivity index (χ0) is 12.0. The number of carbonyl (C=O) groups is 1. The Labute approximate surface area is 94.7 Å². The van der Waals surface area contributed by atoms with Gasteiger partial charge in [-0.1, -0.05) is 0 Å². The highest BCUT2D eigenvalue weighted by Gasteiger charge is 2.09. The molecule has 0 radical (unpaired) electrons. The first-order valence-corrected chi connectivity index (χ1v) is 5.06. The molecule has 16 heavy (non-hydrogen) atoms. The maximum Gasteiger partial charge on any atom is 0.341 e. The van der Waals surface area contributed by atoms with Crippen LogP contribution in [0.1, 0.15) is 23.0 Å². The highest BCUT2D eigenvalue weighted by Crippen LogP contribution is 2.08. The number of hydrogen-bond acceptors (Lipinski definition) is 5. The van der Waals surface area contributed by atoms with Crippen LogP contribution < -0.4 is 5.32 Å². The molecule has 1 aromatic heterocycles. The normalized spacial score (nSPS) is 12.4. The fourth-order valence-corrected chi connectivity index (χ4v) is 1.18. The van der Waals surface area contributed by atoms with E-state index in [1.807, 2.05) is 6.92 Å². The highest BCUT2D eigenvalue weighted by molar-refractivity contribution is 5.88. The number of methoxy groups -OCH3 is 2. The maximum atomic E-state index is 11.1. The summed E-state index contributed by atoms with van der Waals surface area (Å²) in [7, 11) is 3.00. The van der Waals surface area contributed by atoms with E-state index in [1.165, 1.54) is 13.4 Å². The average molecular weight is 227 g/mol. The Bertz CT molecular complexity index is 334. The number of esters is 1. The van der Waals surface area contributed by atoms with Crippen molar-refractivity contribution in [3.8, 4) is 0 Å². The predicted molar refractivity (Wildman–Crippen MR) is 58.2 cm³/mol. The lowest BCUT2D eigenvalue weighted by Gasteiger charge is -2.09. The van der Waals surface area contributed by atoms with Gasteiger partial charge >= 0.3 is 5.97 Å². The molecule has 90 valence electrons. The number of ether oxygens (including phenoxy) is 2. The van der Waals surface area contributed by atoms with Crippen molar-refractivity contribution >= 4 is 5.97 Å². The van der Waals surface area contributed by atoms with Gasteiger partial charge in [0.2, 0.25) is 0 Å². The Morgan fingerprint density at radius 2 is 2.31 bits per heavy atom. The molecule has 0 aromatic carbocycles. The third-order valence-electron chi connectivity index (χ3n) is 2.21. The molecule has 1 aromatic rings. The molecule has 0 aliphatic rings. The average Bonchev–Trinajstić information content (AvgIpc) is 2.76. The molecule has 1 N–H and O–H groups in total. The van der Waals surface area contributed by atoms with E-state index in [1.54, 1.807) is 13.2 Å². The summed E-state index contributed by atoms with van der Waals surface area (Å²) in [5.41, 5.74) is 0.430. The van der Waals surface area contributed by atoms with Crippen molar-refractivity contribution in [2.75, 3.05) is 20.8 Å². The molecule has 0 fully saturated rings. The summed E-state index contributed by atoms with van der Waals surface area (Å²) < 4.78 is 14.9. The van der Waals surface area contributed by atoms with Crippen LogP contribution in [0.5, 0.6) is 0 Å². The van der Waals surface area contributed by atoms with Crippen LogP contribution in [-0.2, 0) is 16.0 Å². The van der Waals surface area contributed by atoms with Crippen molar-refractivity contribution in [2.45, 2.75) is 19.6 Å². The van der Waals surface area contributed by atoms with E-state index >= 15 is 0 Å². The molecular weight excluding hydrogens is 210 g/mol. The molecule has 1 atom stereocenters. The van der Waals surface area contributed by atoms with Crippen LogP contribution in [0.4, 0.5) is 0 Å². The van der Waals surface area contributed by atoms with Gasteiger partial charge in [0.1, 0.15) is 12.0 Å². The molecule has 0 spiro atoms. The standard InChI is InChI=1S/C11H17NO4/c1-8(14-2)5-12-6-10-4-9(7-16-10)11(13)15-3/h4,7-8,12H,5-6H2,1-3H3. The molecule has 1 unspecified atom stereocenters.